The minimum absolute atomic E-state index is 0.0890. The molecule has 1 heterocycles. The molecule has 3 N–H and O–H groups in total. The van der Waals surface area contributed by atoms with E-state index >= 15 is 0 Å². The fourth-order valence-corrected chi connectivity index (χ4v) is 3.23. The molecule has 0 saturated heterocycles. The molecule has 1 fully saturated rings. The minimum Gasteiger partial charge on any atom is -0.392 e. The largest absolute Gasteiger partial charge is 0.392 e. The van der Waals surface area contributed by atoms with Gasteiger partial charge >= 0.3 is 0 Å². The van der Waals surface area contributed by atoms with E-state index in [9.17, 15) is 9.90 Å². The molecule has 0 aliphatic heterocycles. The lowest BCUT2D eigenvalue weighted by Crippen LogP contribution is -2.45. The molecular formula is C15H26N4O2S. The summed E-state index contributed by atoms with van der Waals surface area (Å²) in [5.74, 6) is 0.723. The van der Waals surface area contributed by atoms with Crippen LogP contribution in [-0.2, 0) is 17.8 Å². The second-order valence-electron chi connectivity index (χ2n) is 6.47. The van der Waals surface area contributed by atoms with E-state index in [0.717, 1.165) is 44.3 Å². The van der Waals surface area contributed by atoms with E-state index in [-0.39, 0.29) is 24.0 Å². The van der Waals surface area contributed by atoms with Gasteiger partial charge in [0.1, 0.15) is 12.4 Å². The monoisotopic (exact) mass is 326 g/mol. The molecule has 0 radical (unpaired) electrons. The first-order chi connectivity index (χ1) is 10.5. The van der Waals surface area contributed by atoms with Crippen LogP contribution in [0.3, 0.4) is 0 Å². The number of carbonyl (C=O) groups is 1. The second-order valence-corrected chi connectivity index (χ2v) is 6.86. The molecule has 124 valence electrons. The SMILES string of the molecule is CCCc1n[nH]c(=S)n1CC(=O)NC[C@@]1(C)CCCC[C@@H]1O. The molecular weight excluding hydrogens is 300 g/mol. The lowest BCUT2D eigenvalue weighted by Gasteiger charge is -2.38. The molecule has 2 rings (SSSR count). The van der Waals surface area contributed by atoms with Crippen molar-refractivity contribution in [3.8, 4) is 0 Å². The van der Waals surface area contributed by atoms with E-state index in [1.165, 1.54) is 0 Å². The van der Waals surface area contributed by atoms with Crippen LogP contribution in [-0.4, -0.2) is 38.4 Å². The van der Waals surface area contributed by atoms with Gasteiger partial charge in [0.25, 0.3) is 0 Å². The van der Waals surface area contributed by atoms with Gasteiger partial charge in [-0.25, -0.2) is 0 Å². The molecule has 2 atom stereocenters. The van der Waals surface area contributed by atoms with Crippen LogP contribution in [0.2, 0.25) is 0 Å². The maximum Gasteiger partial charge on any atom is 0.240 e. The Bertz CT molecular complexity index is 568. The number of aliphatic hydroxyl groups excluding tert-OH is 1. The fraction of sp³-hybridized carbons (Fsp3) is 0.800. The Labute approximate surface area is 136 Å². The maximum absolute atomic E-state index is 12.2. The van der Waals surface area contributed by atoms with Crippen molar-refractivity contribution in [3.05, 3.63) is 10.6 Å². The number of aryl methyl sites for hydroxylation is 1. The smallest absolute Gasteiger partial charge is 0.240 e. The van der Waals surface area contributed by atoms with Crippen LogP contribution in [0.15, 0.2) is 0 Å². The highest BCUT2D eigenvalue weighted by Gasteiger charge is 2.35. The van der Waals surface area contributed by atoms with Crippen LogP contribution in [0.4, 0.5) is 0 Å². The Kier molecular flexibility index (Phi) is 5.74. The van der Waals surface area contributed by atoms with E-state index in [0.29, 0.717) is 11.3 Å². The summed E-state index contributed by atoms with van der Waals surface area (Å²) in [5, 5.41) is 20.0. The van der Waals surface area contributed by atoms with Gasteiger partial charge in [0.2, 0.25) is 5.91 Å². The van der Waals surface area contributed by atoms with Crippen LogP contribution < -0.4 is 5.32 Å². The number of aliphatic hydroxyl groups is 1. The van der Waals surface area contributed by atoms with Crippen molar-refractivity contribution < 1.29 is 9.90 Å². The molecule has 0 unspecified atom stereocenters. The van der Waals surface area contributed by atoms with Gasteiger partial charge in [-0.05, 0) is 31.5 Å². The van der Waals surface area contributed by atoms with Crippen molar-refractivity contribution in [2.45, 2.75) is 65.0 Å². The first-order valence-corrected chi connectivity index (χ1v) is 8.46. The topological polar surface area (TPSA) is 82.9 Å². The highest BCUT2D eigenvalue weighted by Crippen LogP contribution is 2.35. The molecule has 1 saturated carbocycles. The van der Waals surface area contributed by atoms with Gasteiger partial charge in [-0.1, -0.05) is 26.7 Å². The van der Waals surface area contributed by atoms with Crippen molar-refractivity contribution >= 4 is 18.1 Å². The summed E-state index contributed by atoms with van der Waals surface area (Å²) in [6.45, 7) is 4.79. The number of hydrogen-bond donors (Lipinski definition) is 3. The average Bonchev–Trinajstić information content (AvgIpc) is 2.82. The predicted octanol–water partition coefficient (Wildman–Crippen LogP) is 1.95. The average molecular weight is 326 g/mol. The summed E-state index contributed by atoms with van der Waals surface area (Å²) < 4.78 is 2.22. The quantitative estimate of drug-likeness (QED) is 0.698. The van der Waals surface area contributed by atoms with Crippen molar-refractivity contribution in [3.63, 3.8) is 0 Å². The van der Waals surface area contributed by atoms with Crippen LogP contribution >= 0.6 is 12.2 Å². The molecule has 7 heteroatoms. The molecule has 6 nitrogen and oxygen atoms in total. The van der Waals surface area contributed by atoms with E-state index in [4.69, 9.17) is 12.2 Å². The van der Waals surface area contributed by atoms with Gasteiger partial charge in [-0.2, -0.15) is 5.10 Å². The van der Waals surface area contributed by atoms with Gasteiger partial charge in [0, 0.05) is 18.4 Å². The summed E-state index contributed by atoms with van der Waals surface area (Å²) in [4.78, 5) is 12.2. The van der Waals surface area contributed by atoms with Gasteiger partial charge in [0.15, 0.2) is 4.77 Å². The third kappa shape index (κ3) is 3.95. The second kappa shape index (κ2) is 7.37. The van der Waals surface area contributed by atoms with Gasteiger partial charge in [-0.3, -0.25) is 14.5 Å². The van der Waals surface area contributed by atoms with E-state index in [1.54, 1.807) is 4.57 Å². The molecule has 22 heavy (non-hydrogen) atoms. The maximum atomic E-state index is 12.2. The number of H-pyrrole nitrogens is 1. The Hall–Kier alpha value is -1.21. The lowest BCUT2D eigenvalue weighted by molar-refractivity contribution is -0.122. The minimum atomic E-state index is -0.340. The number of nitrogens with zero attached hydrogens (tertiary/aromatic N) is 2. The molecule has 0 aromatic carbocycles. The lowest BCUT2D eigenvalue weighted by atomic mass is 9.73. The summed E-state index contributed by atoms with van der Waals surface area (Å²) in [6, 6.07) is 0. The van der Waals surface area contributed by atoms with Gasteiger partial charge < -0.3 is 10.4 Å². The Morgan fingerprint density at radius 3 is 3.05 bits per heavy atom. The predicted molar refractivity (Wildman–Crippen MR) is 87.0 cm³/mol. The third-order valence-electron chi connectivity index (χ3n) is 4.58. The molecule has 1 aliphatic carbocycles. The zero-order chi connectivity index (χ0) is 16.2. The van der Waals surface area contributed by atoms with E-state index in [2.05, 4.69) is 22.4 Å². The van der Waals surface area contributed by atoms with Gasteiger partial charge in [-0.15, -0.1) is 0 Å². The normalized spacial score (nSPS) is 25.1. The first kappa shape index (κ1) is 17.1. The molecule has 1 aromatic rings. The van der Waals surface area contributed by atoms with Crippen LogP contribution in [0.25, 0.3) is 0 Å². The number of nitrogens with one attached hydrogen (secondary N) is 2. The van der Waals surface area contributed by atoms with Crippen molar-refractivity contribution in [2.75, 3.05) is 6.54 Å². The van der Waals surface area contributed by atoms with Crippen molar-refractivity contribution in [1.82, 2.24) is 20.1 Å². The first-order valence-electron chi connectivity index (χ1n) is 8.05. The van der Waals surface area contributed by atoms with Gasteiger partial charge in [0.05, 0.1) is 6.10 Å². The number of carbonyl (C=O) groups excluding carboxylic acids is 1. The molecule has 0 bridgehead atoms. The Morgan fingerprint density at radius 2 is 2.36 bits per heavy atom. The fourth-order valence-electron chi connectivity index (χ4n) is 3.02. The van der Waals surface area contributed by atoms with Crippen LogP contribution in [0, 0.1) is 10.2 Å². The zero-order valence-electron chi connectivity index (χ0n) is 13.4. The standard InChI is InChI=1S/C15H26N4O2S/c1-3-6-12-17-18-14(22)19(12)9-13(21)16-10-15(2)8-5-4-7-11(15)20/h11,20H,3-10H2,1-2H3,(H,16,21)(H,18,22)/t11-,15+/m0/s1. The number of aromatic nitrogens is 3. The summed E-state index contributed by atoms with van der Waals surface area (Å²) in [7, 11) is 0. The number of hydrogen-bond acceptors (Lipinski definition) is 4. The molecule has 1 aromatic heterocycles. The van der Waals surface area contributed by atoms with Crippen molar-refractivity contribution in [2.24, 2.45) is 5.41 Å². The van der Waals surface area contributed by atoms with E-state index in [1.807, 2.05) is 6.92 Å². The summed E-state index contributed by atoms with van der Waals surface area (Å²) in [6.07, 6.45) is 5.34. The van der Waals surface area contributed by atoms with Crippen molar-refractivity contribution in [1.29, 1.82) is 0 Å². The number of rotatable bonds is 6. The molecule has 0 spiro atoms. The highest BCUT2D eigenvalue weighted by molar-refractivity contribution is 7.71. The highest BCUT2D eigenvalue weighted by atomic mass is 32.1. The third-order valence-corrected chi connectivity index (χ3v) is 4.89. The molecule has 1 aliphatic rings. The van der Waals surface area contributed by atoms with Crippen LogP contribution in [0.1, 0.15) is 51.8 Å². The number of aromatic amines is 1. The number of amides is 1. The Morgan fingerprint density at radius 1 is 1.59 bits per heavy atom. The van der Waals surface area contributed by atoms with E-state index < -0.39 is 0 Å². The summed E-state index contributed by atoms with van der Waals surface area (Å²) in [5.41, 5.74) is -0.224. The molecule has 1 amide bonds. The Balaban J connectivity index is 1.93. The van der Waals surface area contributed by atoms with Crippen LogP contribution in [0.5, 0.6) is 0 Å². The zero-order valence-corrected chi connectivity index (χ0v) is 14.2. The summed E-state index contributed by atoms with van der Waals surface area (Å²) >= 11 is 5.18.